The Morgan fingerprint density at radius 2 is 2.17 bits per heavy atom. The number of rotatable bonds is 6. The average Bonchev–Trinajstić information content (AvgIpc) is 2.34. The number of halogens is 2. The van der Waals surface area contributed by atoms with E-state index in [0.717, 1.165) is 29.3 Å². The summed E-state index contributed by atoms with van der Waals surface area (Å²) in [4.78, 5) is 12.1. The molecule has 1 aromatic carbocycles. The summed E-state index contributed by atoms with van der Waals surface area (Å²) in [5.74, 6) is 0.161. The van der Waals surface area contributed by atoms with Crippen LogP contribution in [-0.4, -0.2) is 5.91 Å². The molecule has 1 N–H and O–H groups in total. The fourth-order valence-electron chi connectivity index (χ4n) is 1.80. The summed E-state index contributed by atoms with van der Waals surface area (Å²) in [7, 11) is 0. The lowest BCUT2D eigenvalue weighted by atomic mass is 9.98. The maximum atomic E-state index is 12.1. The van der Waals surface area contributed by atoms with E-state index in [1.165, 1.54) is 0 Å². The van der Waals surface area contributed by atoms with Gasteiger partial charge in [-0.25, -0.2) is 0 Å². The third-order valence-electron chi connectivity index (χ3n) is 2.96. The molecule has 0 aliphatic carbocycles. The predicted octanol–water partition coefficient (Wildman–Crippen LogP) is 5.10. The molecule has 0 aromatic heterocycles. The van der Waals surface area contributed by atoms with Gasteiger partial charge in [-0.15, -0.1) is 0 Å². The van der Waals surface area contributed by atoms with E-state index in [4.69, 9.17) is 11.6 Å². The van der Waals surface area contributed by atoms with Crippen molar-refractivity contribution in [3.63, 3.8) is 0 Å². The lowest BCUT2D eigenvalue weighted by Gasteiger charge is -2.15. The van der Waals surface area contributed by atoms with E-state index in [1.54, 1.807) is 0 Å². The molecule has 0 spiro atoms. The molecule has 0 aliphatic rings. The van der Waals surface area contributed by atoms with Crippen molar-refractivity contribution in [2.45, 2.75) is 39.5 Å². The van der Waals surface area contributed by atoms with Crippen LogP contribution >= 0.6 is 34.2 Å². The lowest BCUT2D eigenvalue weighted by molar-refractivity contribution is -0.120. The number of hydrogen-bond donors (Lipinski definition) is 1. The van der Waals surface area contributed by atoms with Crippen molar-refractivity contribution in [3.8, 4) is 0 Å². The Morgan fingerprint density at radius 1 is 1.44 bits per heavy atom. The van der Waals surface area contributed by atoms with E-state index in [2.05, 4.69) is 41.8 Å². The predicted molar refractivity (Wildman–Crippen MR) is 86.1 cm³/mol. The first kappa shape index (κ1) is 15.8. The molecule has 100 valence electrons. The summed E-state index contributed by atoms with van der Waals surface area (Å²) >= 11 is 8.30. The molecule has 18 heavy (non-hydrogen) atoms. The van der Waals surface area contributed by atoms with Gasteiger partial charge in [0.2, 0.25) is 5.91 Å². The fourth-order valence-corrected chi connectivity index (χ4v) is 2.70. The second kappa shape index (κ2) is 8.00. The maximum absolute atomic E-state index is 12.1. The van der Waals surface area contributed by atoms with Gasteiger partial charge >= 0.3 is 0 Å². The fraction of sp³-hybridized carbons (Fsp3) is 0.500. The van der Waals surface area contributed by atoms with Crippen LogP contribution in [0, 0.1) is 9.49 Å². The van der Waals surface area contributed by atoms with Gasteiger partial charge in [-0.1, -0.05) is 38.3 Å². The molecule has 0 saturated carbocycles. The maximum Gasteiger partial charge on any atom is 0.227 e. The molecule has 1 amide bonds. The van der Waals surface area contributed by atoms with Gasteiger partial charge in [0.25, 0.3) is 0 Å². The Bertz CT molecular complexity index is 409. The average molecular weight is 380 g/mol. The summed E-state index contributed by atoms with van der Waals surface area (Å²) in [5.41, 5.74) is 0.706. The third-order valence-corrected chi connectivity index (χ3v) is 3.94. The van der Waals surface area contributed by atoms with Crippen molar-refractivity contribution >= 4 is 45.8 Å². The molecular weight excluding hydrogens is 361 g/mol. The first-order valence-electron chi connectivity index (χ1n) is 6.34. The molecule has 4 heteroatoms. The zero-order valence-electron chi connectivity index (χ0n) is 10.8. The zero-order chi connectivity index (χ0) is 13.5. The molecule has 0 aliphatic heterocycles. The lowest BCUT2D eigenvalue weighted by Crippen LogP contribution is -2.22. The zero-order valence-corrected chi connectivity index (χ0v) is 13.7. The van der Waals surface area contributed by atoms with Gasteiger partial charge in [0.05, 0.1) is 10.7 Å². The van der Waals surface area contributed by atoms with E-state index < -0.39 is 0 Å². The molecular formula is C14H19ClINO. The van der Waals surface area contributed by atoms with Crippen LogP contribution in [0.5, 0.6) is 0 Å². The largest absolute Gasteiger partial charge is 0.325 e. The van der Waals surface area contributed by atoms with Gasteiger partial charge < -0.3 is 5.32 Å². The molecule has 0 fully saturated rings. The molecule has 0 saturated heterocycles. The van der Waals surface area contributed by atoms with Crippen molar-refractivity contribution < 1.29 is 4.79 Å². The second-order valence-corrected chi connectivity index (χ2v) is 6.01. The van der Waals surface area contributed by atoms with Crippen LogP contribution in [-0.2, 0) is 4.79 Å². The smallest absolute Gasteiger partial charge is 0.227 e. The molecule has 1 rings (SSSR count). The molecule has 1 unspecified atom stereocenters. The van der Waals surface area contributed by atoms with Crippen LogP contribution in [0.2, 0.25) is 5.02 Å². The van der Waals surface area contributed by atoms with Gasteiger partial charge in [0.15, 0.2) is 0 Å². The van der Waals surface area contributed by atoms with Crippen molar-refractivity contribution in [1.82, 2.24) is 0 Å². The van der Waals surface area contributed by atoms with Crippen LogP contribution < -0.4 is 5.32 Å². The third kappa shape index (κ3) is 4.76. The highest BCUT2D eigenvalue weighted by atomic mass is 127. The summed E-state index contributed by atoms with van der Waals surface area (Å²) in [6.45, 7) is 4.19. The number of carbonyl (C=O) groups excluding carboxylic acids is 1. The quantitative estimate of drug-likeness (QED) is 0.685. The van der Waals surface area contributed by atoms with Gasteiger partial charge in [-0.3, -0.25) is 4.79 Å². The van der Waals surface area contributed by atoms with E-state index in [0.29, 0.717) is 10.7 Å². The second-order valence-electron chi connectivity index (χ2n) is 4.36. The minimum Gasteiger partial charge on any atom is -0.325 e. The van der Waals surface area contributed by atoms with Crippen LogP contribution in [0.15, 0.2) is 18.2 Å². The van der Waals surface area contributed by atoms with E-state index >= 15 is 0 Å². The van der Waals surface area contributed by atoms with Gasteiger partial charge in [-0.2, -0.15) is 0 Å². The first-order chi connectivity index (χ1) is 8.58. The van der Waals surface area contributed by atoms with E-state index in [1.807, 2.05) is 18.2 Å². The molecule has 1 atom stereocenters. The molecule has 0 bridgehead atoms. The standard InChI is InChI=1S/C14H19ClINO/c1-3-5-6-10(4-2)14(18)17-13-8-7-11(16)9-12(13)15/h7-10H,3-6H2,1-2H3,(H,17,18). The van der Waals surface area contributed by atoms with Crippen molar-refractivity contribution in [1.29, 1.82) is 0 Å². The molecule has 1 aromatic rings. The van der Waals surface area contributed by atoms with Crippen molar-refractivity contribution in [3.05, 3.63) is 26.8 Å². The van der Waals surface area contributed by atoms with Crippen LogP contribution in [0.1, 0.15) is 39.5 Å². The Hall–Kier alpha value is -0.290. The van der Waals surface area contributed by atoms with Gasteiger partial charge in [0.1, 0.15) is 0 Å². The Morgan fingerprint density at radius 3 is 2.72 bits per heavy atom. The molecule has 0 radical (unpaired) electrons. The van der Waals surface area contributed by atoms with Crippen LogP contribution in [0.25, 0.3) is 0 Å². The minimum absolute atomic E-state index is 0.0778. The van der Waals surface area contributed by atoms with Crippen molar-refractivity contribution in [2.24, 2.45) is 5.92 Å². The SMILES string of the molecule is CCCCC(CC)C(=O)Nc1ccc(I)cc1Cl. The van der Waals surface area contributed by atoms with Crippen molar-refractivity contribution in [2.75, 3.05) is 5.32 Å². The normalized spacial score (nSPS) is 12.2. The number of nitrogens with one attached hydrogen (secondary N) is 1. The highest BCUT2D eigenvalue weighted by molar-refractivity contribution is 14.1. The number of hydrogen-bond acceptors (Lipinski definition) is 1. The summed E-state index contributed by atoms with van der Waals surface area (Å²) in [5, 5.41) is 3.52. The highest BCUT2D eigenvalue weighted by Gasteiger charge is 2.16. The summed E-state index contributed by atoms with van der Waals surface area (Å²) in [6, 6.07) is 5.65. The minimum atomic E-state index is 0.0778. The monoisotopic (exact) mass is 379 g/mol. The Balaban J connectivity index is 2.67. The van der Waals surface area contributed by atoms with E-state index in [-0.39, 0.29) is 11.8 Å². The number of benzene rings is 1. The molecule has 0 heterocycles. The number of anilines is 1. The summed E-state index contributed by atoms with van der Waals surface area (Å²) < 4.78 is 1.06. The summed E-state index contributed by atoms with van der Waals surface area (Å²) in [6.07, 6.45) is 4.02. The number of unbranched alkanes of at least 4 members (excludes halogenated alkanes) is 1. The highest BCUT2D eigenvalue weighted by Crippen LogP contribution is 2.25. The van der Waals surface area contributed by atoms with Gasteiger partial charge in [0, 0.05) is 9.49 Å². The Kier molecular flexibility index (Phi) is 7.00. The van der Waals surface area contributed by atoms with Gasteiger partial charge in [-0.05, 0) is 53.6 Å². The number of amides is 1. The van der Waals surface area contributed by atoms with E-state index in [9.17, 15) is 4.79 Å². The van der Waals surface area contributed by atoms with Crippen LogP contribution in [0.4, 0.5) is 5.69 Å². The van der Waals surface area contributed by atoms with Crippen LogP contribution in [0.3, 0.4) is 0 Å². The number of carbonyl (C=O) groups is 1. The molecule has 2 nitrogen and oxygen atoms in total. The topological polar surface area (TPSA) is 29.1 Å². The first-order valence-corrected chi connectivity index (χ1v) is 7.80. The Labute approximate surface area is 128 Å².